The van der Waals surface area contributed by atoms with Crippen LogP contribution in [0.5, 0.6) is 0 Å². The SMILES string of the molecule is O=C(c1ccccc1)C(F)(F)C(F)C(F)(F)F. The summed E-state index contributed by atoms with van der Waals surface area (Å²) >= 11 is 0. The first-order chi connectivity index (χ1) is 7.67. The van der Waals surface area contributed by atoms with Crippen LogP contribution in [0.2, 0.25) is 0 Å². The molecule has 0 N–H and O–H groups in total. The standard InChI is InChI=1S/C10H6F6O/c11-8(10(14,15)16)9(12,13)7(17)6-4-2-1-3-5-6/h1-5,8H. The van der Waals surface area contributed by atoms with Crippen molar-refractivity contribution in [3.8, 4) is 0 Å². The fraction of sp³-hybridized carbons (Fsp3) is 0.300. The van der Waals surface area contributed by atoms with E-state index >= 15 is 0 Å². The lowest BCUT2D eigenvalue weighted by molar-refractivity contribution is -0.229. The molecule has 0 radical (unpaired) electrons. The highest BCUT2D eigenvalue weighted by molar-refractivity contribution is 6.01. The van der Waals surface area contributed by atoms with E-state index in [4.69, 9.17) is 0 Å². The first kappa shape index (κ1) is 13.5. The third-order valence-corrected chi connectivity index (χ3v) is 1.94. The Labute approximate surface area is 92.0 Å². The second kappa shape index (κ2) is 4.38. The van der Waals surface area contributed by atoms with E-state index in [0.717, 1.165) is 12.1 Å². The average Bonchev–Trinajstić information content (AvgIpc) is 2.27. The number of Topliss-reactive ketones (excluding diaryl/α,β-unsaturated/α-hetero) is 1. The van der Waals surface area contributed by atoms with E-state index in [0.29, 0.717) is 0 Å². The van der Waals surface area contributed by atoms with Crippen molar-refractivity contribution in [2.45, 2.75) is 18.3 Å². The quantitative estimate of drug-likeness (QED) is 0.598. The smallest absolute Gasteiger partial charge is 0.287 e. The Morgan fingerprint density at radius 1 is 1.00 bits per heavy atom. The summed E-state index contributed by atoms with van der Waals surface area (Å²) in [5.41, 5.74) is -0.676. The van der Waals surface area contributed by atoms with Gasteiger partial charge >= 0.3 is 12.1 Å². The summed E-state index contributed by atoms with van der Waals surface area (Å²) < 4.78 is 73.9. The van der Waals surface area contributed by atoms with Gasteiger partial charge in [-0.2, -0.15) is 22.0 Å². The van der Waals surface area contributed by atoms with Crippen molar-refractivity contribution in [2.24, 2.45) is 0 Å². The number of hydrogen-bond acceptors (Lipinski definition) is 1. The normalized spacial score (nSPS) is 14.5. The van der Waals surface area contributed by atoms with Crippen molar-refractivity contribution in [2.75, 3.05) is 0 Å². The Hall–Kier alpha value is -1.53. The summed E-state index contributed by atoms with van der Waals surface area (Å²) in [5.74, 6) is -7.32. The lowest BCUT2D eigenvalue weighted by Gasteiger charge is -2.21. The molecule has 17 heavy (non-hydrogen) atoms. The third kappa shape index (κ3) is 2.78. The summed E-state index contributed by atoms with van der Waals surface area (Å²) in [6, 6.07) is 5.53. The van der Waals surface area contributed by atoms with Crippen LogP contribution in [-0.4, -0.2) is 24.1 Å². The molecular weight excluding hydrogens is 250 g/mol. The molecule has 1 rings (SSSR count). The number of carbonyl (C=O) groups excluding carboxylic acids is 1. The van der Waals surface area contributed by atoms with Gasteiger partial charge in [0.1, 0.15) is 0 Å². The van der Waals surface area contributed by atoms with Crippen LogP contribution in [-0.2, 0) is 0 Å². The number of alkyl halides is 6. The number of carbonyl (C=O) groups is 1. The zero-order valence-electron chi connectivity index (χ0n) is 8.14. The van der Waals surface area contributed by atoms with Gasteiger partial charge in [0.2, 0.25) is 5.78 Å². The Balaban J connectivity index is 3.03. The van der Waals surface area contributed by atoms with Gasteiger partial charge in [-0.05, 0) is 0 Å². The summed E-state index contributed by atoms with van der Waals surface area (Å²) in [7, 11) is 0. The molecule has 0 spiro atoms. The van der Waals surface area contributed by atoms with Gasteiger partial charge < -0.3 is 0 Å². The zero-order chi connectivity index (χ0) is 13.3. The first-order valence-corrected chi connectivity index (χ1v) is 4.36. The molecule has 0 saturated heterocycles. The molecule has 0 aliphatic heterocycles. The van der Waals surface area contributed by atoms with Gasteiger partial charge in [0.15, 0.2) is 0 Å². The van der Waals surface area contributed by atoms with Gasteiger partial charge in [0.05, 0.1) is 0 Å². The molecule has 0 aliphatic carbocycles. The first-order valence-electron chi connectivity index (χ1n) is 4.36. The monoisotopic (exact) mass is 256 g/mol. The number of halogens is 6. The molecule has 0 aliphatic rings. The molecular formula is C10H6F6O. The van der Waals surface area contributed by atoms with Crippen LogP contribution >= 0.6 is 0 Å². The van der Waals surface area contributed by atoms with Crippen molar-refractivity contribution in [3.63, 3.8) is 0 Å². The van der Waals surface area contributed by atoms with Crippen LogP contribution in [0.1, 0.15) is 10.4 Å². The summed E-state index contributed by atoms with van der Waals surface area (Å²) in [4.78, 5) is 11.1. The predicted molar refractivity (Wildman–Crippen MR) is 46.7 cm³/mol. The molecule has 0 heterocycles. The van der Waals surface area contributed by atoms with Crippen LogP contribution in [0.3, 0.4) is 0 Å². The molecule has 0 fully saturated rings. The number of ketones is 1. The minimum atomic E-state index is -5.78. The zero-order valence-corrected chi connectivity index (χ0v) is 8.14. The molecule has 0 saturated carbocycles. The van der Waals surface area contributed by atoms with Gasteiger partial charge in [0, 0.05) is 5.56 Å². The third-order valence-electron chi connectivity index (χ3n) is 1.94. The Bertz CT molecular complexity index is 397. The largest absolute Gasteiger partial charge is 0.426 e. The fourth-order valence-corrected chi connectivity index (χ4v) is 1.10. The Morgan fingerprint density at radius 2 is 1.47 bits per heavy atom. The van der Waals surface area contributed by atoms with Crippen LogP contribution < -0.4 is 0 Å². The summed E-state index contributed by atoms with van der Waals surface area (Å²) in [6.45, 7) is 0. The topological polar surface area (TPSA) is 17.1 Å². The Morgan fingerprint density at radius 3 is 1.88 bits per heavy atom. The highest BCUT2D eigenvalue weighted by Crippen LogP contribution is 2.36. The molecule has 0 amide bonds. The van der Waals surface area contributed by atoms with Crippen molar-refractivity contribution >= 4 is 5.78 Å². The second-order valence-corrected chi connectivity index (χ2v) is 3.22. The lowest BCUT2D eigenvalue weighted by Crippen LogP contribution is -2.47. The molecule has 7 heteroatoms. The average molecular weight is 256 g/mol. The van der Waals surface area contributed by atoms with Crippen LogP contribution in [0.25, 0.3) is 0 Å². The molecule has 0 bridgehead atoms. The van der Waals surface area contributed by atoms with E-state index in [1.54, 1.807) is 0 Å². The number of rotatable bonds is 3. The second-order valence-electron chi connectivity index (χ2n) is 3.22. The van der Waals surface area contributed by atoms with Crippen LogP contribution in [0.4, 0.5) is 26.3 Å². The fourth-order valence-electron chi connectivity index (χ4n) is 1.10. The maximum Gasteiger partial charge on any atom is 0.426 e. The van der Waals surface area contributed by atoms with Gasteiger partial charge in [-0.3, -0.25) is 4.79 Å². The van der Waals surface area contributed by atoms with E-state index < -0.39 is 29.6 Å². The lowest BCUT2D eigenvalue weighted by atomic mass is 10.0. The van der Waals surface area contributed by atoms with Crippen LogP contribution in [0.15, 0.2) is 30.3 Å². The van der Waals surface area contributed by atoms with Gasteiger partial charge in [-0.1, -0.05) is 30.3 Å². The number of hydrogen-bond donors (Lipinski definition) is 0. The summed E-state index contributed by atoms with van der Waals surface area (Å²) in [6.07, 6.45) is -10.3. The Kier molecular flexibility index (Phi) is 3.49. The van der Waals surface area contributed by atoms with E-state index in [-0.39, 0.29) is 0 Å². The van der Waals surface area contributed by atoms with E-state index in [1.165, 1.54) is 18.2 Å². The van der Waals surface area contributed by atoms with Gasteiger partial charge in [0.25, 0.3) is 6.17 Å². The molecule has 1 aromatic rings. The highest BCUT2D eigenvalue weighted by Gasteiger charge is 2.61. The van der Waals surface area contributed by atoms with Crippen molar-refractivity contribution < 1.29 is 31.1 Å². The van der Waals surface area contributed by atoms with E-state index in [1.807, 2.05) is 0 Å². The molecule has 1 atom stereocenters. The highest BCUT2D eigenvalue weighted by atomic mass is 19.4. The van der Waals surface area contributed by atoms with Gasteiger partial charge in [-0.15, -0.1) is 0 Å². The minimum absolute atomic E-state index is 0.676. The summed E-state index contributed by atoms with van der Waals surface area (Å²) in [5, 5.41) is 0. The van der Waals surface area contributed by atoms with Crippen molar-refractivity contribution in [1.29, 1.82) is 0 Å². The molecule has 0 aromatic heterocycles. The number of benzene rings is 1. The maximum atomic E-state index is 12.9. The van der Waals surface area contributed by atoms with E-state index in [9.17, 15) is 31.1 Å². The van der Waals surface area contributed by atoms with Gasteiger partial charge in [-0.25, -0.2) is 4.39 Å². The molecule has 1 aromatic carbocycles. The van der Waals surface area contributed by atoms with Crippen molar-refractivity contribution in [3.05, 3.63) is 35.9 Å². The molecule has 1 nitrogen and oxygen atoms in total. The van der Waals surface area contributed by atoms with Crippen LogP contribution in [0, 0.1) is 0 Å². The predicted octanol–water partition coefficient (Wildman–Crippen LogP) is 3.41. The minimum Gasteiger partial charge on any atom is -0.287 e. The molecule has 1 unspecified atom stereocenters. The van der Waals surface area contributed by atoms with E-state index in [2.05, 4.69) is 0 Å². The van der Waals surface area contributed by atoms with Crippen molar-refractivity contribution in [1.82, 2.24) is 0 Å². The molecule has 94 valence electrons. The maximum absolute atomic E-state index is 12.9.